The van der Waals surface area contributed by atoms with Crippen LogP contribution >= 0.6 is 0 Å². The van der Waals surface area contributed by atoms with E-state index in [1.54, 1.807) is 0 Å². The van der Waals surface area contributed by atoms with Crippen LogP contribution in [0.1, 0.15) is 53.0 Å². The van der Waals surface area contributed by atoms with Gasteiger partial charge in [0.15, 0.2) is 6.20 Å². The highest BCUT2D eigenvalue weighted by Gasteiger charge is 2.40. The fourth-order valence-electron chi connectivity index (χ4n) is 5.49. The van der Waals surface area contributed by atoms with E-state index in [1.165, 1.54) is 27.8 Å². The molecule has 0 amide bonds. The van der Waals surface area contributed by atoms with Crippen LogP contribution in [0.2, 0.25) is 0 Å². The molecule has 0 aliphatic heterocycles. The molecule has 174 valence electrons. The molecule has 1 saturated carbocycles. The maximum absolute atomic E-state index is 14.1. The van der Waals surface area contributed by atoms with Crippen LogP contribution in [0.3, 0.4) is 0 Å². The van der Waals surface area contributed by atoms with Crippen LogP contribution in [0.4, 0.5) is 8.78 Å². The van der Waals surface area contributed by atoms with Gasteiger partial charge in [-0.2, -0.15) is 0 Å². The van der Waals surface area contributed by atoms with E-state index in [1.807, 2.05) is 0 Å². The number of nitrogens with zero attached hydrogens (tertiary/aromatic N) is 1. The third-order valence-corrected chi connectivity index (χ3v) is 7.55. The first-order valence-corrected chi connectivity index (χ1v) is 12.1. The molecule has 0 saturated heterocycles. The van der Waals surface area contributed by atoms with E-state index in [4.69, 9.17) is 0 Å². The molecule has 1 nitrogen and oxygen atoms in total. The largest absolute Gasteiger partial charge is 0.248 e. The van der Waals surface area contributed by atoms with Crippen molar-refractivity contribution in [1.82, 2.24) is 0 Å². The number of rotatable bonds is 3. The molecule has 0 N–H and O–H groups in total. The summed E-state index contributed by atoms with van der Waals surface area (Å²) in [5.41, 5.74) is 10.6. The number of fused-ring (bicyclic) bond motifs is 1. The van der Waals surface area contributed by atoms with Crippen molar-refractivity contribution in [3.05, 3.63) is 88.6 Å². The highest BCUT2D eigenvalue weighted by atomic mass is 19.3. The van der Waals surface area contributed by atoms with Gasteiger partial charge >= 0.3 is 0 Å². The monoisotopic (exact) mass is 456 g/mol. The van der Waals surface area contributed by atoms with Gasteiger partial charge < -0.3 is 0 Å². The van der Waals surface area contributed by atoms with E-state index >= 15 is 0 Å². The Morgan fingerprint density at radius 1 is 0.853 bits per heavy atom. The van der Waals surface area contributed by atoms with Crippen molar-refractivity contribution in [3.63, 3.8) is 0 Å². The summed E-state index contributed by atoms with van der Waals surface area (Å²) in [4.78, 5) is 0. The number of aryl methyl sites for hydroxylation is 4. The molecule has 0 bridgehead atoms. The average molecular weight is 457 g/mol. The first-order valence-electron chi connectivity index (χ1n) is 12.1. The van der Waals surface area contributed by atoms with Gasteiger partial charge in [-0.05, 0) is 79.3 Å². The van der Waals surface area contributed by atoms with Crippen molar-refractivity contribution in [2.45, 2.75) is 58.8 Å². The second-order valence-corrected chi connectivity index (χ2v) is 10.3. The van der Waals surface area contributed by atoms with Crippen LogP contribution in [0.25, 0.3) is 33.2 Å². The predicted octanol–water partition coefficient (Wildman–Crippen LogP) is 8.13. The van der Waals surface area contributed by atoms with Gasteiger partial charge in [0, 0.05) is 24.5 Å². The summed E-state index contributed by atoms with van der Waals surface area (Å²) in [6.45, 7) is 8.53. The van der Waals surface area contributed by atoms with Crippen molar-refractivity contribution in [2.75, 3.05) is 0 Å². The lowest BCUT2D eigenvalue weighted by molar-refractivity contribution is -0.659. The summed E-state index contributed by atoms with van der Waals surface area (Å²) >= 11 is 0. The van der Waals surface area contributed by atoms with E-state index < -0.39 is 5.92 Å². The van der Waals surface area contributed by atoms with Gasteiger partial charge in [-0.25, -0.2) is 13.3 Å². The molecule has 0 radical (unpaired) electrons. The van der Waals surface area contributed by atoms with Crippen LogP contribution < -0.4 is 4.57 Å². The van der Waals surface area contributed by atoms with Crippen LogP contribution in [0.15, 0.2) is 60.8 Å². The Bertz CT molecular complexity index is 1400. The van der Waals surface area contributed by atoms with Gasteiger partial charge in [0.2, 0.25) is 11.6 Å². The number of benzene rings is 3. The summed E-state index contributed by atoms with van der Waals surface area (Å²) in [6.07, 6.45) is 2.65. The van der Waals surface area contributed by atoms with Crippen molar-refractivity contribution < 1.29 is 13.3 Å². The molecule has 34 heavy (non-hydrogen) atoms. The molecular formula is C31H32F2N+. The molecule has 1 aromatic heterocycles. The predicted molar refractivity (Wildman–Crippen MR) is 136 cm³/mol. The second-order valence-electron chi connectivity index (χ2n) is 10.3. The highest BCUT2D eigenvalue weighted by molar-refractivity contribution is 5.97. The Balaban J connectivity index is 1.76. The van der Waals surface area contributed by atoms with E-state index in [9.17, 15) is 8.78 Å². The Morgan fingerprint density at radius 2 is 1.59 bits per heavy atom. The lowest BCUT2D eigenvalue weighted by Crippen LogP contribution is -2.31. The molecule has 0 spiro atoms. The van der Waals surface area contributed by atoms with Crippen LogP contribution in [0.5, 0.6) is 0 Å². The molecule has 1 atom stereocenters. The summed E-state index contributed by atoms with van der Waals surface area (Å²) in [6, 6.07) is 19.5. The van der Waals surface area contributed by atoms with Gasteiger partial charge in [-0.3, -0.25) is 0 Å². The average Bonchev–Trinajstić information content (AvgIpc) is 3.15. The van der Waals surface area contributed by atoms with Crippen molar-refractivity contribution in [2.24, 2.45) is 7.05 Å². The minimum atomic E-state index is -2.56. The molecular weight excluding hydrogens is 424 g/mol. The zero-order valence-corrected chi connectivity index (χ0v) is 20.7. The number of aromatic nitrogens is 1. The molecule has 1 aliphatic rings. The minimum Gasteiger partial charge on any atom is -0.207 e. The first-order chi connectivity index (χ1) is 16.1. The van der Waals surface area contributed by atoms with Gasteiger partial charge in [-0.15, -0.1) is 0 Å². The number of alkyl halides is 2. The quantitative estimate of drug-likeness (QED) is 0.274. The molecule has 4 aromatic rings. The summed E-state index contributed by atoms with van der Waals surface area (Å²) in [5.74, 6) is -2.67. The molecule has 5 rings (SSSR count). The second kappa shape index (κ2) is 8.30. The van der Waals surface area contributed by atoms with E-state index in [2.05, 4.69) is 100 Å². The third kappa shape index (κ3) is 4.13. The van der Waals surface area contributed by atoms with Gasteiger partial charge in [0.05, 0.1) is 5.39 Å². The van der Waals surface area contributed by atoms with Gasteiger partial charge in [0.1, 0.15) is 7.05 Å². The maximum Gasteiger partial charge on any atom is 0.248 e. The van der Waals surface area contributed by atoms with Crippen molar-refractivity contribution in [3.8, 4) is 22.4 Å². The van der Waals surface area contributed by atoms with Gasteiger partial charge in [0.25, 0.3) is 0 Å². The smallest absolute Gasteiger partial charge is 0.207 e. The standard InChI is InChI=1S/C31H32F2N/c1-19-6-8-23(9-7-19)28-15-25(24-10-11-31(32,33)17-24)14-26-16-30(34(5)18-29(26)28)27-13-20(2)12-21(3)22(27)4/h6-9,12-16,18,24H,10-11,17H2,1-5H3/q+1. The molecule has 1 fully saturated rings. The topological polar surface area (TPSA) is 3.88 Å². The summed E-state index contributed by atoms with van der Waals surface area (Å²) in [7, 11) is 2.09. The maximum atomic E-state index is 14.1. The van der Waals surface area contributed by atoms with Crippen molar-refractivity contribution >= 4 is 10.8 Å². The lowest BCUT2D eigenvalue weighted by atomic mass is 9.89. The molecule has 3 aromatic carbocycles. The zero-order chi connectivity index (χ0) is 24.2. The fourth-order valence-corrected chi connectivity index (χ4v) is 5.49. The van der Waals surface area contributed by atoms with Crippen LogP contribution in [0, 0.1) is 27.7 Å². The van der Waals surface area contributed by atoms with E-state index in [-0.39, 0.29) is 18.8 Å². The van der Waals surface area contributed by atoms with Crippen molar-refractivity contribution in [1.29, 1.82) is 0 Å². The SMILES string of the molecule is Cc1ccc(-c2cc(C3CCC(F)(F)C3)cc3cc(-c4cc(C)cc(C)c4C)[n+](C)cc23)cc1. The normalized spacial score (nSPS) is 17.4. The summed E-state index contributed by atoms with van der Waals surface area (Å²) < 4.78 is 30.4. The van der Waals surface area contributed by atoms with E-state index in [0.29, 0.717) is 6.42 Å². The first kappa shape index (κ1) is 22.7. The highest BCUT2D eigenvalue weighted by Crippen LogP contribution is 2.46. The lowest BCUT2D eigenvalue weighted by Gasteiger charge is -2.16. The molecule has 1 unspecified atom stereocenters. The van der Waals surface area contributed by atoms with Crippen LogP contribution in [-0.2, 0) is 7.05 Å². The summed E-state index contributed by atoms with van der Waals surface area (Å²) in [5, 5.41) is 2.25. The Hall–Kier alpha value is -3.07. The Labute approximate surface area is 201 Å². The number of pyridine rings is 1. The van der Waals surface area contributed by atoms with Crippen LogP contribution in [-0.4, -0.2) is 5.92 Å². The minimum absolute atomic E-state index is 0.0215. The number of hydrogen-bond acceptors (Lipinski definition) is 0. The molecule has 1 heterocycles. The van der Waals surface area contributed by atoms with E-state index in [0.717, 1.165) is 33.2 Å². The Kier molecular flexibility index (Phi) is 5.55. The molecule has 1 aliphatic carbocycles. The number of halogens is 2. The third-order valence-electron chi connectivity index (χ3n) is 7.55. The zero-order valence-electron chi connectivity index (χ0n) is 20.7. The molecule has 3 heteroatoms. The fraction of sp³-hybridized carbons (Fsp3) is 0.323. The van der Waals surface area contributed by atoms with Gasteiger partial charge in [-0.1, -0.05) is 53.6 Å². The Morgan fingerprint density at radius 3 is 2.26 bits per heavy atom. The number of hydrogen-bond donors (Lipinski definition) is 0.